The smallest absolute Gasteiger partial charge is 0.253 e. The summed E-state index contributed by atoms with van der Waals surface area (Å²) in [7, 11) is -3.57. The minimum absolute atomic E-state index is 0.0599. The zero-order valence-corrected chi connectivity index (χ0v) is 17.0. The molecule has 1 aromatic carbocycles. The van der Waals surface area contributed by atoms with Crippen LogP contribution in [-0.2, 0) is 10.0 Å². The number of amides is 1. The van der Waals surface area contributed by atoms with Crippen LogP contribution in [0.25, 0.3) is 0 Å². The Hall–Kier alpha value is -1.70. The van der Waals surface area contributed by atoms with E-state index in [0.717, 1.165) is 19.6 Å². The molecule has 0 radical (unpaired) electrons. The first-order valence-corrected chi connectivity index (χ1v) is 11.2. The van der Waals surface area contributed by atoms with Crippen molar-refractivity contribution < 1.29 is 13.2 Å². The number of nitrogens with one attached hydrogen (secondary N) is 1. The Morgan fingerprint density at radius 3 is 2.37 bits per heavy atom. The number of likely N-dealkylation sites (N-methyl/N-ethyl adjacent to an activating group) is 1. The molecule has 6 nitrogen and oxygen atoms in total. The molecule has 0 atom stereocenters. The number of rotatable bonds is 9. The average Bonchev–Trinajstić information content (AvgIpc) is 2.95. The fourth-order valence-electron chi connectivity index (χ4n) is 3.24. The number of benzene rings is 1. The Kier molecular flexibility index (Phi) is 8.47. The first kappa shape index (κ1) is 21.6. The fraction of sp³-hybridized carbons (Fsp3) is 0.550. The van der Waals surface area contributed by atoms with Gasteiger partial charge in [0, 0.05) is 31.7 Å². The lowest BCUT2D eigenvalue weighted by Gasteiger charge is -2.26. The minimum Gasteiger partial charge on any atom is -0.338 e. The van der Waals surface area contributed by atoms with Crippen LogP contribution in [0.2, 0.25) is 0 Å². The van der Waals surface area contributed by atoms with Crippen LogP contribution in [0.5, 0.6) is 0 Å². The molecule has 0 unspecified atom stereocenters. The third-order valence-corrected chi connectivity index (χ3v) is 6.32. The molecule has 0 aromatic heterocycles. The van der Waals surface area contributed by atoms with Crippen LogP contribution >= 0.6 is 0 Å². The van der Waals surface area contributed by atoms with Gasteiger partial charge in [-0.2, -0.15) is 0 Å². The lowest BCUT2D eigenvalue weighted by atomic mass is 10.2. The molecule has 150 valence electrons. The van der Waals surface area contributed by atoms with Gasteiger partial charge in [-0.3, -0.25) is 4.79 Å². The van der Waals surface area contributed by atoms with Gasteiger partial charge >= 0.3 is 0 Å². The van der Waals surface area contributed by atoms with E-state index in [1.165, 1.54) is 43.9 Å². The van der Waals surface area contributed by atoms with Crippen LogP contribution in [0.4, 0.5) is 0 Å². The van der Waals surface area contributed by atoms with E-state index in [4.69, 9.17) is 0 Å². The summed E-state index contributed by atoms with van der Waals surface area (Å²) in [5.41, 5.74) is 0.510. The molecule has 2 rings (SSSR count). The van der Waals surface area contributed by atoms with E-state index in [0.29, 0.717) is 18.7 Å². The van der Waals surface area contributed by atoms with Gasteiger partial charge in [-0.05, 0) is 57.1 Å². The number of nitrogens with zero attached hydrogens (tertiary/aromatic N) is 2. The number of carbonyl (C=O) groups is 1. The maximum Gasteiger partial charge on any atom is 0.253 e. The van der Waals surface area contributed by atoms with Crippen molar-refractivity contribution in [3.63, 3.8) is 0 Å². The standard InChI is InChI=1S/C20H31N3O3S/c1-3-13-21-27(25,26)19-11-9-18(10-12-19)20(24)23(4-2)17-16-22-14-7-5-6-8-15-22/h3,9-12,21H,1,4-8,13-17H2,2H3. The molecule has 7 heteroatoms. The van der Waals surface area contributed by atoms with Gasteiger partial charge in [0.05, 0.1) is 4.90 Å². The van der Waals surface area contributed by atoms with Crippen LogP contribution in [0, 0.1) is 0 Å². The Morgan fingerprint density at radius 1 is 1.19 bits per heavy atom. The molecular weight excluding hydrogens is 362 g/mol. The minimum atomic E-state index is -3.57. The zero-order chi connectivity index (χ0) is 19.7. The lowest BCUT2D eigenvalue weighted by molar-refractivity contribution is 0.0745. The molecule has 0 saturated carbocycles. The first-order valence-electron chi connectivity index (χ1n) is 9.70. The topological polar surface area (TPSA) is 69.7 Å². The molecule has 1 fully saturated rings. The Balaban J connectivity index is 1.98. The highest BCUT2D eigenvalue weighted by atomic mass is 32.2. The molecule has 0 spiro atoms. The second-order valence-electron chi connectivity index (χ2n) is 6.81. The number of carbonyl (C=O) groups excluding carboxylic acids is 1. The van der Waals surface area contributed by atoms with Crippen molar-refractivity contribution in [3.05, 3.63) is 42.5 Å². The monoisotopic (exact) mass is 393 g/mol. The highest BCUT2D eigenvalue weighted by Crippen LogP contribution is 2.13. The van der Waals surface area contributed by atoms with Gasteiger partial charge in [0.2, 0.25) is 10.0 Å². The van der Waals surface area contributed by atoms with Crippen molar-refractivity contribution in [1.29, 1.82) is 0 Å². The Labute approximate surface area is 163 Å². The molecule has 0 aliphatic carbocycles. The second kappa shape index (κ2) is 10.6. The molecule has 0 bridgehead atoms. The average molecular weight is 394 g/mol. The van der Waals surface area contributed by atoms with Crippen LogP contribution in [-0.4, -0.2) is 63.4 Å². The SMILES string of the molecule is C=CCNS(=O)(=O)c1ccc(C(=O)N(CC)CCN2CCCCCC2)cc1. The summed E-state index contributed by atoms with van der Waals surface area (Å²) >= 11 is 0. The van der Waals surface area contributed by atoms with Crippen molar-refractivity contribution in [2.75, 3.05) is 39.3 Å². The van der Waals surface area contributed by atoms with Crippen LogP contribution in [0.3, 0.4) is 0 Å². The summed E-state index contributed by atoms with van der Waals surface area (Å²) in [6.45, 7) is 10.1. The van der Waals surface area contributed by atoms with E-state index in [1.807, 2.05) is 11.8 Å². The molecular formula is C20H31N3O3S. The van der Waals surface area contributed by atoms with Gasteiger partial charge < -0.3 is 9.80 Å². The van der Waals surface area contributed by atoms with E-state index in [-0.39, 0.29) is 17.3 Å². The van der Waals surface area contributed by atoms with E-state index in [1.54, 1.807) is 12.1 Å². The summed E-state index contributed by atoms with van der Waals surface area (Å²) < 4.78 is 26.6. The molecule has 1 amide bonds. The van der Waals surface area contributed by atoms with E-state index >= 15 is 0 Å². The molecule has 1 aliphatic rings. The summed E-state index contributed by atoms with van der Waals surface area (Å²) in [6, 6.07) is 6.11. The van der Waals surface area contributed by atoms with Crippen molar-refractivity contribution in [1.82, 2.24) is 14.5 Å². The molecule has 1 aliphatic heterocycles. The van der Waals surface area contributed by atoms with Gasteiger partial charge in [0.15, 0.2) is 0 Å². The zero-order valence-electron chi connectivity index (χ0n) is 16.2. The van der Waals surface area contributed by atoms with Crippen LogP contribution in [0.1, 0.15) is 43.0 Å². The number of likely N-dealkylation sites (tertiary alicyclic amines) is 1. The highest BCUT2D eigenvalue weighted by molar-refractivity contribution is 7.89. The van der Waals surface area contributed by atoms with Crippen LogP contribution in [0.15, 0.2) is 41.8 Å². The van der Waals surface area contributed by atoms with Gasteiger partial charge in [0.1, 0.15) is 0 Å². The maximum atomic E-state index is 12.8. The number of sulfonamides is 1. The number of hydrogen-bond acceptors (Lipinski definition) is 4. The summed E-state index contributed by atoms with van der Waals surface area (Å²) in [5, 5.41) is 0. The predicted molar refractivity (Wildman–Crippen MR) is 108 cm³/mol. The third kappa shape index (κ3) is 6.45. The van der Waals surface area contributed by atoms with Gasteiger partial charge in [-0.1, -0.05) is 18.9 Å². The summed E-state index contributed by atoms with van der Waals surface area (Å²) in [5.74, 6) is -0.0599. The van der Waals surface area contributed by atoms with E-state index in [2.05, 4.69) is 16.2 Å². The molecule has 1 N–H and O–H groups in total. The number of hydrogen-bond donors (Lipinski definition) is 1. The van der Waals surface area contributed by atoms with E-state index in [9.17, 15) is 13.2 Å². The molecule has 1 saturated heterocycles. The van der Waals surface area contributed by atoms with Crippen molar-refractivity contribution in [3.8, 4) is 0 Å². The third-order valence-electron chi connectivity index (χ3n) is 4.88. The second-order valence-corrected chi connectivity index (χ2v) is 8.57. The highest BCUT2D eigenvalue weighted by Gasteiger charge is 2.18. The largest absolute Gasteiger partial charge is 0.338 e. The fourth-order valence-corrected chi connectivity index (χ4v) is 4.23. The summed E-state index contributed by atoms with van der Waals surface area (Å²) in [6.07, 6.45) is 6.54. The molecule has 1 aromatic rings. The van der Waals surface area contributed by atoms with Gasteiger partial charge in [-0.15, -0.1) is 6.58 Å². The van der Waals surface area contributed by atoms with Crippen molar-refractivity contribution in [2.24, 2.45) is 0 Å². The molecule has 1 heterocycles. The maximum absolute atomic E-state index is 12.8. The van der Waals surface area contributed by atoms with Gasteiger partial charge in [0.25, 0.3) is 5.91 Å². The van der Waals surface area contributed by atoms with Gasteiger partial charge in [-0.25, -0.2) is 13.1 Å². The Morgan fingerprint density at radius 2 is 1.81 bits per heavy atom. The van der Waals surface area contributed by atoms with E-state index < -0.39 is 10.0 Å². The molecule has 27 heavy (non-hydrogen) atoms. The van der Waals surface area contributed by atoms with Crippen molar-refractivity contribution >= 4 is 15.9 Å². The first-order chi connectivity index (χ1) is 13.0. The summed E-state index contributed by atoms with van der Waals surface area (Å²) in [4.78, 5) is 17.2. The normalized spacial score (nSPS) is 15.9. The quantitative estimate of drug-likeness (QED) is 0.655. The Bertz CT molecular complexity index is 708. The van der Waals surface area contributed by atoms with Crippen molar-refractivity contribution in [2.45, 2.75) is 37.5 Å². The van der Waals surface area contributed by atoms with Crippen LogP contribution < -0.4 is 4.72 Å². The lowest BCUT2D eigenvalue weighted by Crippen LogP contribution is -2.39. The predicted octanol–water partition coefficient (Wildman–Crippen LogP) is 2.49.